The number of nitrogens with one attached hydrogen (secondary N) is 2. The van der Waals surface area contributed by atoms with Crippen LogP contribution in [0.25, 0.3) is 26.7 Å². The molecule has 10 aliphatic rings. The van der Waals surface area contributed by atoms with Crippen LogP contribution in [0.5, 0.6) is 18.0 Å². The van der Waals surface area contributed by atoms with Crippen molar-refractivity contribution in [2.75, 3.05) is 208 Å². The van der Waals surface area contributed by atoms with E-state index in [4.69, 9.17) is 62.3 Å². The molecular weight excluding hydrogens is 1870 g/mol. The number of benzene rings is 3. The highest BCUT2D eigenvalue weighted by molar-refractivity contribution is 7.59. The Balaban J connectivity index is 0.000000195. The molecule has 5 aromatic heterocycles. The van der Waals surface area contributed by atoms with Crippen LogP contribution in [0.4, 0.5) is 65.2 Å². The standard InChI is InChI=1S/C34H40ClF5N8O2.C31H40FN7O2.C30H39FN8O2.CH4.4H2S/c1-41-18-24-19-47(16-17-48(24)29(49)9-5-13-45-15-11-33(36,37)22-45)31-25-10-14-46(28-8-3-7-26(35)30(28)34(38,39)40)20-27(25)42-32(43-31)50-21-23-6-4-12-44(23)2;1-6-27(40)37-11-13-38(14-12-37)29-24-8-10-39(28-21(3)20(2)15-25-23(28)7-9-33-25)17-26(24)34-30(35-29)41-18-22-16-31(4,32)19-36(22)5;1-6-26(40)37-9-11-38(12-10-37)28-22-7-8-39(27-20(3)19(2)13-24-23(27)15-32-35-24)16-25(22)33-29(34-28)41-17-21-14-30(4,31)18-36(21)5;;;;;/h3,5,7-9,23-24H,4,6,10-22H2,2H3;6-7,9,15,22,33H,1,8,10-14,16-19H2,2-5H3;6,13,15,21H,1,7-12,14,16-18H2,2-5H3,(H,32,35);1H4;4*1H2/b9-5+;;;;;;;/t23-,24-;22-,31?;21-,30?;;;;;/m000...../s1. The molecule has 7 saturated heterocycles. The Kier molecular flexibility index (Phi) is 35.6. The first-order chi connectivity index (χ1) is 63.1. The minimum atomic E-state index is -4.65. The van der Waals surface area contributed by atoms with Crippen molar-refractivity contribution in [3.05, 3.63) is 164 Å². The van der Waals surface area contributed by atoms with Crippen molar-refractivity contribution >= 4 is 140 Å². The number of nitrogens with zero attached hydrogens (tertiary/aromatic N) is 21. The molecular formula is C96H131ClF7N23O6S4. The van der Waals surface area contributed by atoms with Gasteiger partial charge in [-0.15, -0.1) is 0 Å². The zero-order valence-corrected chi connectivity index (χ0v) is 83.5. The van der Waals surface area contributed by atoms with Gasteiger partial charge in [0.05, 0.1) is 76.9 Å². The highest BCUT2D eigenvalue weighted by Crippen LogP contribution is 2.46. The number of alkyl halides is 7. The zero-order chi connectivity index (χ0) is 93.4. The van der Waals surface area contributed by atoms with E-state index in [1.165, 1.54) is 75.4 Å². The summed E-state index contributed by atoms with van der Waals surface area (Å²) >= 11 is 6.06. The second kappa shape index (κ2) is 45.2. The Morgan fingerprint density at radius 1 is 0.577 bits per heavy atom. The molecule has 6 atom stereocenters. The molecule has 8 aromatic rings. The van der Waals surface area contributed by atoms with E-state index in [1.807, 2.05) is 58.0 Å². The van der Waals surface area contributed by atoms with Gasteiger partial charge in [0, 0.05) is 206 Å². The van der Waals surface area contributed by atoms with Gasteiger partial charge in [0.15, 0.2) is 0 Å². The van der Waals surface area contributed by atoms with Gasteiger partial charge in [0.2, 0.25) is 24.3 Å². The summed E-state index contributed by atoms with van der Waals surface area (Å²) in [6.07, 6.45) is 9.56. The van der Waals surface area contributed by atoms with Crippen molar-refractivity contribution in [2.45, 2.75) is 168 Å². The van der Waals surface area contributed by atoms with Gasteiger partial charge in [-0.1, -0.05) is 44.3 Å². The van der Waals surface area contributed by atoms with Gasteiger partial charge in [0.1, 0.15) is 54.7 Å². The van der Waals surface area contributed by atoms with Crippen LogP contribution >= 0.6 is 65.6 Å². The fraction of sp³-hybridized carbons (Fsp3) is 0.552. The average Bonchev–Trinajstić information content (AvgIpc) is 1.73. The van der Waals surface area contributed by atoms with Crippen LogP contribution in [0.1, 0.15) is 115 Å². The first kappa shape index (κ1) is 108. The SMILES string of the molecule is C.C=CC(=O)N1CCN(c2nc(OC[C@@H]3CC(C)(F)CN3C)nc3c2CCN(c2c(C)c(C)cc4[nH]ccc24)C3)CC1.C=CC(=O)N1CCN(c2nc(OC[C@@H]3CC(C)(F)CN3C)nc3c2CCN(c2c(C)c(C)cc4[nH]ncc24)C3)CC1.S.S.S.S.[C-]#[N+]C[C@H]1CN(c2nc(OC[C@@H]3CCCN3C)nc3c2CCN(c2cccc(Cl)c2C(F)(F)F)C3)CCN1C(=O)/C=C/CN1CCC(F)(F)C1. The molecule has 0 bridgehead atoms. The Hall–Kier alpha value is -9.73. The first-order valence-corrected chi connectivity index (χ1v) is 46.1. The van der Waals surface area contributed by atoms with Crippen LogP contribution in [0.3, 0.4) is 0 Å². The molecule has 746 valence electrons. The summed E-state index contributed by atoms with van der Waals surface area (Å²) in [5, 5.41) is 9.37. The quantitative estimate of drug-likeness (QED) is 0.0385. The number of H-pyrrole nitrogens is 2. The number of aromatic amines is 2. The highest BCUT2D eigenvalue weighted by Gasteiger charge is 2.45. The fourth-order valence-corrected chi connectivity index (χ4v) is 20.9. The number of halogens is 8. The Labute approximate surface area is 830 Å². The van der Waals surface area contributed by atoms with Crippen LogP contribution in [0.2, 0.25) is 5.02 Å². The molecule has 29 nitrogen and oxygen atoms in total. The number of rotatable bonds is 21. The number of hydrogen-bond donors (Lipinski definition) is 2. The molecule has 0 aliphatic carbocycles. The minimum Gasteiger partial charge on any atom is -0.462 e. The van der Waals surface area contributed by atoms with Crippen LogP contribution in [-0.4, -0.2) is 317 Å². The lowest BCUT2D eigenvalue weighted by Gasteiger charge is -2.41. The minimum absolute atomic E-state index is 0. The Bertz CT molecular complexity index is 5480. The summed E-state index contributed by atoms with van der Waals surface area (Å²) in [4.78, 5) is 99.8. The van der Waals surface area contributed by atoms with E-state index in [1.54, 1.807) is 34.6 Å². The predicted octanol–water partition coefficient (Wildman–Crippen LogP) is 13.1. The molecule has 2 N–H and O–H groups in total. The third-order valence-electron chi connectivity index (χ3n) is 27.9. The smallest absolute Gasteiger partial charge is 0.419 e. The summed E-state index contributed by atoms with van der Waals surface area (Å²) in [6, 6.07) is 11.0. The molecule has 0 spiro atoms. The lowest BCUT2D eigenvalue weighted by molar-refractivity contribution is -0.137. The largest absolute Gasteiger partial charge is 0.462 e. The van der Waals surface area contributed by atoms with E-state index < -0.39 is 35.0 Å². The highest BCUT2D eigenvalue weighted by atomic mass is 35.5. The number of piperazine rings is 3. The van der Waals surface area contributed by atoms with Gasteiger partial charge in [-0.25, -0.2) is 24.1 Å². The summed E-state index contributed by atoms with van der Waals surface area (Å²) in [6.45, 7) is 39.1. The van der Waals surface area contributed by atoms with E-state index in [9.17, 15) is 45.1 Å². The van der Waals surface area contributed by atoms with Crippen LogP contribution in [0.15, 0.2) is 86.3 Å². The Morgan fingerprint density at radius 2 is 1.06 bits per heavy atom. The third-order valence-corrected chi connectivity index (χ3v) is 28.2. The number of aromatic nitrogens is 9. The lowest BCUT2D eigenvalue weighted by Crippen LogP contribution is -2.56. The first-order valence-electron chi connectivity index (χ1n) is 45.7. The molecule has 137 heavy (non-hydrogen) atoms. The number of aryl methyl sites for hydroxylation is 2. The number of carbonyl (C=O) groups excluding carboxylic acids is 3. The molecule has 18 rings (SSSR count). The summed E-state index contributed by atoms with van der Waals surface area (Å²) in [5.41, 5.74) is 11.7. The molecule has 3 aromatic carbocycles. The number of likely N-dealkylation sites (tertiary alicyclic amines) is 4. The summed E-state index contributed by atoms with van der Waals surface area (Å²) in [7, 11) is 5.89. The lowest BCUT2D eigenvalue weighted by atomic mass is 9.99. The molecule has 10 aliphatic heterocycles. The van der Waals surface area contributed by atoms with E-state index in [0.717, 1.165) is 101 Å². The zero-order valence-electron chi connectivity index (χ0n) is 78.8. The number of likely N-dealkylation sites (N-methyl/N-ethyl adjacent to an activating group) is 3. The van der Waals surface area contributed by atoms with Crippen LogP contribution in [0, 0.1) is 34.3 Å². The van der Waals surface area contributed by atoms with Crippen molar-refractivity contribution < 1.29 is 59.3 Å². The van der Waals surface area contributed by atoms with E-state index in [0.29, 0.717) is 154 Å². The number of hydrogen-bond acceptors (Lipinski definition) is 23. The van der Waals surface area contributed by atoms with Crippen molar-refractivity contribution in [1.82, 2.24) is 79.4 Å². The van der Waals surface area contributed by atoms with Gasteiger partial charge < -0.3 is 73.0 Å². The van der Waals surface area contributed by atoms with E-state index in [-0.39, 0.29) is 166 Å². The summed E-state index contributed by atoms with van der Waals surface area (Å²) < 4.78 is 117. The maximum atomic E-state index is 14.7. The molecule has 15 heterocycles. The topological polar surface area (TPSA) is 247 Å². The number of fused-ring (bicyclic) bond motifs is 5. The van der Waals surface area contributed by atoms with Crippen LogP contribution in [-0.2, 0) is 59.5 Å². The average molecular weight is 2000 g/mol. The maximum Gasteiger partial charge on any atom is 0.419 e. The second-order valence-electron chi connectivity index (χ2n) is 37.3. The van der Waals surface area contributed by atoms with Crippen molar-refractivity contribution in [3.8, 4) is 18.0 Å². The number of amides is 3. The van der Waals surface area contributed by atoms with Crippen molar-refractivity contribution in [2.24, 2.45) is 0 Å². The number of anilines is 6. The van der Waals surface area contributed by atoms with Gasteiger partial charge >= 0.3 is 24.2 Å². The molecule has 7 fully saturated rings. The van der Waals surface area contributed by atoms with Gasteiger partial charge in [-0.2, -0.15) is 102 Å². The predicted molar refractivity (Wildman–Crippen MR) is 544 cm³/mol. The van der Waals surface area contributed by atoms with E-state index in [2.05, 4.69) is 104 Å². The third kappa shape index (κ3) is 24.3. The number of carbonyl (C=O) groups is 3. The Morgan fingerprint density at radius 3 is 1.53 bits per heavy atom. The van der Waals surface area contributed by atoms with Gasteiger partial charge in [-0.05, 0) is 166 Å². The maximum absolute atomic E-state index is 14.7. The van der Waals surface area contributed by atoms with Crippen LogP contribution < -0.4 is 43.6 Å². The fourth-order valence-electron chi connectivity index (χ4n) is 20.6. The van der Waals surface area contributed by atoms with Crippen molar-refractivity contribution in [3.63, 3.8) is 0 Å². The second-order valence-corrected chi connectivity index (χ2v) is 37.8. The number of ether oxygens (including phenoxy) is 3. The molecule has 3 amide bonds. The monoisotopic (exact) mass is 2000 g/mol. The van der Waals surface area contributed by atoms with Crippen molar-refractivity contribution in [1.29, 1.82) is 0 Å². The van der Waals surface area contributed by atoms with E-state index >= 15 is 0 Å². The molecule has 2 unspecified atom stereocenters. The molecule has 41 heteroatoms. The van der Waals surface area contributed by atoms with Gasteiger partial charge in [0.25, 0.3) is 5.92 Å². The molecule has 0 saturated carbocycles. The molecule has 0 radical (unpaired) electrons. The summed E-state index contributed by atoms with van der Waals surface area (Å²) in [5.74, 6) is -0.756. The normalized spacial score (nSPS) is 22.3. The van der Waals surface area contributed by atoms with Gasteiger partial charge in [-0.3, -0.25) is 34.2 Å².